The Morgan fingerprint density at radius 3 is 2.56 bits per heavy atom. The van der Waals surface area contributed by atoms with Gasteiger partial charge < -0.3 is 14.6 Å². The topological polar surface area (TPSA) is 68.7 Å². The van der Waals surface area contributed by atoms with Gasteiger partial charge in [-0.3, -0.25) is 4.98 Å². The van der Waals surface area contributed by atoms with Gasteiger partial charge in [0, 0.05) is 11.8 Å². The largest absolute Gasteiger partial charge is 0.495 e. The van der Waals surface area contributed by atoms with Gasteiger partial charge in [0.1, 0.15) is 18.1 Å². The summed E-state index contributed by atoms with van der Waals surface area (Å²) in [6.45, 7) is 0.375. The second-order valence-corrected chi connectivity index (χ2v) is 5.40. The molecular weight excluding hydrogens is 318 g/mol. The summed E-state index contributed by atoms with van der Waals surface area (Å²) in [5, 5.41) is 9.56. The van der Waals surface area contributed by atoms with Crippen molar-refractivity contribution in [3.05, 3.63) is 78.1 Å². The smallest absolute Gasteiger partial charge is 0.336 e. The number of rotatable bonds is 6. The number of pyridine rings is 1. The van der Waals surface area contributed by atoms with Crippen molar-refractivity contribution in [3.8, 4) is 22.6 Å². The average molecular weight is 335 g/mol. The maximum absolute atomic E-state index is 11.7. The van der Waals surface area contributed by atoms with Gasteiger partial charge >= 0.3 is 5.97 Å². The van der Waals surface area contributed by atoms with Crippen molar-refractivity contribution in [2.24, 2.45) is 0 Å². The fourth-order valence-electron chi connectivity index (χ4n) is 2.46. The van der Waals surface area contributed by atoms with E-state index in [-0.39, 0.29) is 5.56 Å². The zero-order chi connectivity index (χ0) is 17.6. The van der Waals surface area contributed by atoms with Gasteiger partial charge in [0.25, 0.3) is 0 Å². The van der Waals surface area contributed by atoms with Crippen molar-refractivity contribution in [1.82, 2.24) is 4.98 Å². The van der Waals surface area contributed by atoms with E-state index in [9.17, 15) is 9.90 Å². The summed E-state index contributed by atoms with van der Waals surface area (Å²) < 4.78 is 10.9. The molecule has 5 nitrogen and oxygen atoms in total. The highest BCUT2D eigenvalue weighted by Crippen LogP contribution is 2.29. The molecule has 0 aliphatic carbocycles. The van der Waals surface area contributed by atoms with Crippen LogP contribution in [0.25, 0.3) is 11.1 Å². The first kappa shape index (κ1) is 16.5. The molecule has 0 radical (unpaired) electrons. The van der Waals surface area contributed by atoms with Crippen LogP contribution in [0.15, 0.2) is 67.0 Å². The van der Waals surface area contributed by atoms with Gasteiger partial charge in [-0.2, -0.15) is 0 Å². The van der Waals surface area contributed by atoms with E-state index in [2.05, 4.69) is 4.98 Å². The molecule has 2 aromatic carbocycles. The van der Waals surface area contributed by atoms with Crippen LogP contribution < -0.4 is 9.47 Å². The molecule has 3 aromatic rings. The van der Waals surface area contributed by atoms with Crippen LogP contribution in [0.3, 0.4) is 0 Å². The molecule has 5 heteroatoms. The molecular formula is C20H17NO4. The van der Waals surface area contributed by atoms with Crippen LogP contribution in [0.4, 0.5) is 0 Å². The van der Waals surface area contributed by atoms with Gasteiger partial charge in [-0.15, -0.1) is 0 Å². The Morgan fingerprint density at radius 2 is 1.84 bits per heavy atom. The first-order chi connectivity index (χ1) is 12.2. The highest BCUT2D eigenvalue weighted by molar-refractivity contribution is 5.96. The van der Waals surface area contributed by atoms with Gasteiger partial charge in [0.2, 0.25) is 0 Å². The second-order valence-electron chi connectivity index (χ2n) is 5.40. The minimum Gasteiger partial charge on any atom is -0.495 e. The molecule has 0 amide bonds. The van der Waals surface area contributed by atoms with Crippen LogP contribution >= 0.6 is 0 Å². The van der Waals surface area contributed by atoms with Crippen molar-refractivity contribution >= 4 is 5.97 Å². The van der Waals surface area contributed by atoms with Crippen molar-refractivity contribution in [3.63, 3.8) is 0 Å². The van der Waals surface area contributed by atoms with Gasteiger partial charge in [-0.1, -0.05) is 30.3 Å². The lowest BCUT2D eigenvalue weighted by Gasteiger charge is -2.11. The van der Waals surface area contributed by atoms with E-state index in [1.54, 1.807) is 37.7 Å². The number of carbonyl (C=O) groups is 1. The molecule has 0 aliphatic heterocycles. The number of ether oxygens (including phenoxy) is 2. The van der Waals surface area contributed by atoms with E-state index in [1.165, 1.54) is 6.07 Å². The Balaban J connectivity index is 1.89. The summed E-state index contributed by atoms with van der Waals surface area (Å²) in [5.41, 5.74) is 2.40. The minimum absolute atomic E-state index is 0.153. The van der Waals surface area contributed by atoms with Gasteiger partial charge in [0.15, 0.2) is 0 Å². The SMILES string of the molecule is COc1cncc(-c2ccc(OCc3ccccc3)cc2C(=O)O)c1. The van der Waals surface area contributed by atoms with Crippen LogP contribution in [0.5, 0.6) is 11.5 Å². The summed E-state index contributed by atoms with van der Waals surface area (Å²) >= 11 is 0. The average Bonchev–Trinajstić information content (AvgIpc) is 2.67. The Labute approximate surface area is 145 Å². The van der Waals surface area contributed by atoms with E-state index < -0.39 is 5.97 Å². The van der Waals surface area contributed by atoms with Crippen LogP contribution in [-0.2, 0) is 6.61 Å². The second kappa shape index (κ2) is 7.49. The first-order valence-corrected chi connectivity index (χ1v) is 7.71. The van der Waals surface area contributed by atoms with Gasteiger partial charge in [-0.25, -0.2) is 4.79 Å². The predicted molar refractivity (Wildman–Crippen MR) is 94.0 cm³/mol. The molecule has 3 rings (SSSR count). The first-order valence-electron chi connectivity index (χ1n) is 7.71. The standard InChI is InChI=1S/C20H17NO4/c1-24-17-9-15(11-21-12-17)18-8-7-16(10-19(18)20(22)23)25-13-14-5-3-2-4-6-14/h2-12H,13H2,1H3,(H,22,23). The maximum Gasteiger partial charge on any atom is 0.336 e. The molecule has 0 spiro atoms. The quantitative estimate of drug-likeness (QED) is 0.736. The van der Waals surface area contributed by atoms with Gasteiger partial charge in [0.05, 0.1) is 18.9 Å². The number of hydrogen-bond donors (Lipinski definition) is 1. The van der Waals surface area contributed by atoms with E-state index in [0.717, 1.165) is 5.56 Å². The number of aromatic carboxylic acids is 1. The molecule has 0 saturated heterocycles. The molecule has 0 bridgehead atoms. The number of carboxylic acids is 1. The Hall–Kier alpha value is -3.34. The molecule has 1 N–H and O–H groups in total. The third-order valence-electron chi connectivity index (χ3n) is 3.73. The van der Waals surface area contributed by atoms with E-state index >= 15 is 0 Å². The summed E-state index contributed by atoms with van der Waals surface area (Å²) in [7, 11) is 1.54. The van der Waals surface area contributed by atoms with Crippen LogP contribution in [-0.4, -0.2) is 23.2 Å². The van der Waals surface area contributed by atoms with Crippen molar-refractivity contribution < 1.29 is 19.4 Å². The number of aromatic nitrogens is 1. The number of nitrogens with zero attached hydrogens (tertiary/aromatic N) is 1. The van der Waals surface area contributed by atoms with Crippen LogP contribution in [0.2, 0.25) is 0 Å². The summed E-state index contributed by atoms with van der Waals surface area (Å²) in [5.74, 6) is 0.0436. The van der Waals surface area contributed by atoms with E-state index in [0.29, 0.717) is 29.2 Å². The van der Waals surface area contributed by atoms with Crippen LogP contribution in [0.1, 0.15) is 15.9 Å². The number of carboxylic acid groups (broad SMARTS) is 1. The molecule has 0 fully saturated rings. The van der Waals surface area contributed by atoms with E-state index in [4.69, 9.17) is 9.47 Å². The molecule has 0 unspecified atom stereocenters. The zero-order valence-electron chi connectivity index (χ0n) is 13.7. The molecule has 25 heavy (non-hydrogen) atoms. The normalized spacial score (nSPS) is 10.3. The van der Waals surface area contributed by atoms with Crippen molar-refractivity contribution in [2.45, 2.75) is 6.61 Å². The molecule has 1 aromatic heterocycles. The Kier molecular flexibility index (Phi) is 4.95. The maximum atomic E-state index is 11.7. The Morgan fingerprint density at radius 1 is 1.04 bits per heavy atom. The lowest BCUT2D eigenvalue weighted by molar-refractivity contribution is 0.0697. The van der Waals surface area contributed by atoms with Crippen molar-refractivity contribution in [1.29, 1.82) is 0 Å². The van der Waals surface area contributed by atoms with Gasteiger partial charge in [-0.05, 0) is 35.4 Å². The molecule has 126 valence electrons. The predicted octanol–water partition coefficient (Wildman–Crippen LogP) is 4.03. The Bertz CT molecular complexity index is 878. The number of hydrogen-bond acceptors (Lipinski definition) is 4. The third kappa shape index (κ3) is 3.95. The molecule has 1 heterocycles. The highest BCUT2D eigenvalue weighted by atomic mass is 16.5. The lowest BCUT2D eigenvalue weighted by atomic mass is 10.0. The summed E-state index contributed by atoms with van der Waals surface area (Å²) in [4.78, 5) is 15.8. The molecule has 0 atom stereocenters. The number of methoxy groups -OCH3 is 1. The summed E-state index contributed by atoms with van der Waals surface area (Å²) in [6, 6.07) is 16.5. The minimum atomic E-state index is -1.03. The van der Waals surface area contributed by atoms with E-state index in [1.807, 2.05) is 30.3 Å². The fourth-order valence-corrected chi connectivity index (χ4v) is 2.46. The van der Waals surface area contributed by atoms with Crippen molar-refractivity contribution in [2.75, 3.05) is 7.11 Å². The molecule has 0 saturated carbocycles. The summed E-state index contributed by atoms with van der Waals surface area (Å²) in [6.07, 6.45) is 3.18. The lowest BCUT2D eigenvalue weighted by Crippen LogP contribution is -2.02. The fraction of sp³-hybridized carbons (Fsp3) is 0.100. The monoisotopic (exact) mass is 335 g/mol. The zero-order valence-corrected chi connectivity index (χ0v) is 13.7. The third-order valence-corrected chi connectivity index (χ3v) is 3.73. The molecule has 0 aliphatic rings. The highest BCUT2D eigenvalue weighted by Gasteiger charge is 2.14. The van der Waals surface area contributed by atoms with Crippen LogP contribution in [0, 0.1) is 0 Å². The number of benzene rings is 2.